The molecule has 1 fully saturated rings. The Morgan fingerprint density at radius 2 is 2.03 bits per heavy atom. The molecule has 2 N–H and O–H groups in total. The van der Waals surface area contributed by atoms with Gasteiger partial charge in [-0.05, 0) is 12.5 Å². The maximum absolute atomic E-state index is 12.7. The number of benzene rings is 1. The molecule has 2 aliphatic heterocycles. The molecule has 0 unspecified atom stereocenters. The van der Waals surface area contributed by atoms with Crippen LogP contribution in [0, 0.1) is 0 Å². The smallest absolute Gasteiger partial charge is 0.387 e. The highest BCUT2D eigenvalue weighted by molar-refractivity contribution is 14.0. The largest absolute Gasteiger partial charge is 0.454 e. The van der Waals surface area contributed by atoms with Crippen molar-refractivity contribution < 1.29 is 31.4 Å². The summed E-state index contributed by atoms with van der Waals surface area (Å²) in [6, 6.07) is 2.93. The summed E-state index contributed by atoms with van der Waals surface area (Å²) in [6.07, 6.45) is 0.631. The molecule has 1 aromatic rings. The molecule has 0 saturated carbocycles. The summed E-state index contributed by atoms with van der Waals surface area (Å²) in [7, 11) is -1.60. The summed E-state index contributed by atoms with van der Waals surface area (Å²) in [6.45, 7) is -1.61. The Bertz CT molecular complexity index is 841. The Hall–Kier alpha value is -1.61. The normalized spacial score (nSPS) is 17.9. The number of sulfonamides is 1. The number of rotatable bonds is 7. The first-order chi connectivity index (χ1) is 13.4. The fourth-order valence-electron chi connectivity index (χ4n) is 2.95. The summed E-state index contributed by atoms with van der Waals surface area (Å²) in [5, 5.41) is 5.99. The van der Waals surface area contributed by atoms with Crippen molar-refractivity contribution in [3.05, 3.63) is 17.7 Å². The maximum Gasteiger partial charge on any atom is 0.387 e. The van der Waals surface area contributed by atoms with E-state index in [-0.39, 0.29) is 48.8 Å². The Kier molecular flexibility index (Phi) is 8.51. The first-order valence-corrected chi connectivity index (χ1v) is 10.3. The summed E-state index contributed by atoms with van der Waals surface area (Å²) in [5.74, 6) is 1.34. The number of nitrogens with one attached hydrogen (secondary N) is 2. The molecule has 1 aromatic carbocycles. The maximum atomic E-state index is 12.7. The lowest BCUT2D eigenvalue weighted by Crippen LogP contribution is -2.41. The number of ether oxygens (including phenoxy) is 3. The van der Waals surface area contributed by atoms with Crippen molar-refractivity contribution >= 4 is 40.0 Å². The number of hydrogen-bond acceptors (Lipinski definition) is 6. The van der Waals surface area contributed by atoms with Crippen LogP contribution in [-0.4, -0.2) is 64.5 Å². The monoisotopic (exact) mass is 548 g/mol. The Balaban J connectivity index is 0.00000300. The number of hydrogen-bond donors (Lipinski definition) is 2. The minimum atomic E-state index is -3.15. The van der Waals surface area contributed by atoms with E-state index in [1.807, 2.05) is 0 Å². The van der Waals surface area contributed by atoms with E-state index in [9.17, 15) is 17.2 Å². The van der Waals surface area contributed by atoms with Crippen molar-refractivity contribution in [2.45, 2.75) is 19.6 Å². The zero-order valence-electron chi connectivity index (χ0n) is 15.7. The highest BCUT2D eigenvalue weighted by Gasteiger charge is 2.27. The Labute approximate surface area is 184 Å². The van der Waals surface area contributed by atoms with Crippen molar-refractivity contribution in [2.24, 2.45) is 4.99 Å². The predicted molar refractivity (Wildman–Crippen MR) is 113 cm³/mol. The van der Waals surface area contributed by atoms with Gasteiger partial charge in [0.1, 0.15) is 5.75 Å². The summed E-state index contributed by atoms with van der Waals surface area (Å²) >= 11 is 0. The fourth-order valence-corrected chi connectivity index (χ4v) is 4.48. The first kappa shape index (κ1) is 23.7. The van der Waals surface area contributed by atoms with Gasteiger partial charge in [0.25, 0.3) is 0 Å². The average Bonchev–Trinajstić information content (AvgIpc) is 3.22. The number of halogens is 3. The van der Waals surface area contributed by atoms with Gasteiger partial charge >= 0.3 is 6.61 Å². The van der Waals surface area contributed by atoms with E-state index in [2.05, 4.69) is 20.4 Å². The zero-order valence-corrected chi connectivity index (χ0v) is 18.8. The minimum Gasteiger partial charge on any atom is -0.454 e. The van der Waals surface area contributed by atoms with Crippen LogP contribution in [0.4, 0.5) is 8.78 Å². The van der Waals surface area contributed by atoms with Crippen LogP contribution in [0.3, 0.4) is 0 Å². The second-order valence-electron chi connectivity index (χ2n) is 6.11. The third-order valence-electron chi connectivity index (χ3n) is 4.30. The van der Waals surface area contributed by atoms with Gasteiger partial charge in [-0.25, -0.2) is 12.7 Å². The van der Waals surface area contributed by atoms with Crippen LogP contribution in [0.5, 0.6) is 17.2 Å². The number of fused-ring (bicyclic) bond motifs is 1. The summed E-state index contributed by atoms with van der Waals surface area (Å²) in [4.78, 5) is 4.05. The molecular weight excluding hydrogens is 525 g/mol. The molecule has 0 spiro atoms. The fraction of sp³-hybridized carbons (Fsp3) is 0.562. The molecule has 1 saturated heterocycles. The lowest BCUT2D eigenvalue weighted by atomic mass is 10.1. The summed E-state index contributed by atoms with van der Waals surface area (Å²) < 4.78 is 65.4. The van der Waals surface area contributed by atoms with Crippen molar-refractivity contribution in [2.75, 3.05) is 39.2 Å². The quantitative estimate of drug-likeness (QED) is 0.301. The molecule has 0 amide bonds. The van der Waals surface area contributed by atoms with Gasteiger partial charge in [0.2, 0.25) is 16.8 Å². The van der Waals surface area contributed by atoms with Gasteiger partial charge in [-0.3, -0.25) is 4.99 Å². The highest BCUT2D eigenvalue weighted by Crippen LogP contribution is 2.38. The minimum absolute atomic E-state index is 0. The molecule has 2 aliphatic rings. The van der Waals surface area contributed by atoms with Gasteiger partial charge in [-0.15, -0.1) is 24.0 Å². The molecule has 0 aliphatic carbocycles. The number of nitrogens with zero attached hydrogens (tertiary/aromatic N) is 2. The molecule has 3 rings (SSSR count). The van der Waals surface area contributed by atoms with Gasteiger partial charge in [0, 0.05) is 44.9 Å². The summed E-state index contributed by atoms with van der Waals surface area (Å²) in [5.41, 5.74) is 0.439. The van der Waals surface area contributed by atoms with Gasteiger partial charge in [0.05, 0.1) is 5.75 Å². The van der Waals surface area contributed by atoms with E-state index in [0.29, 0.717) is 49.1 Å². The van der Waals surface area contributed by atoms with Crippen LogP contribution in [0.15, 0.2) is 17.1 Å². The molecule has 0 aromatic heterocycles. The topological polar surface area (TPSA) is 101 Å². The van der Waals surface area contributed by atoms with Crippen LogP contribution >= 0.6 is 24.0 Å². The van der Waals surface area contributed by atoms with Crippen LogP contribution in [0.2, 0.25) is 0 Å². The molecule has 2 heterocycles. The van der Waals surface area contributed by atoms with Crippen molar-refractivity contribution in [1.82, 2.24) is 14.9 Å². The Morgan fingerprint density at radius 3 is 2.66 bits per heavy atom. The van der Waals surface area contributed by atoms with Crippen molar-refractivity contribution in [1.29, 1.82) is 0 Å². The number of guanidine groups is 1. The third kappa shape index (κ3) is 6.18. The van der Waals surface area contributed by atoms with Gasteiger partial charge < -0.3 is 24.8 Å². The third-order valence-corrected chi connectivity index (χ3v) is 6.26. The van der Waals surface area contributed by atoms with Gasteiger partial charge in [-0.1, -0.05) is 0 Å². The Morgan fingerprint density at radius 1 is 1.31 bits per heavy atom. The second-order valence-corrected chi connectivity index (χ2v) is 8.20. The number of alkyl halides is 2. The van der Waals surface area contributed by atoms with E-state index >= 15 is 0 Å². The second kappa shape index (κ2) is 10.4. The highest BCUT2D eigenvalue weighted by atomic mass is 127. The average molecular weight is 548 g/mol. The van der Waals surface area contributed by atoms with Crippen LogP contribution in [0.25, 0.3) is 0 Å². The molecule has 0 atom stereocenters. The SMILES string of the molecule is CN=C(NCCN1CCCS1(=O)=O)NCc1cc2c(cc1OC(F)F)OCO2.I. The molecular formula is C16H23F2IN4O5S. The number of aliphatic imine (C=N–C) groups is 1. The standard InChI is InChI=1S/C16H22F2N4O5S.HI/c1-19-16(20-3-5-22-4-2-6-28(22,23)24)21-9-11-7-13-14(26-10-25-13)8-12(11)27-15(17)18;/h7-8,15H,2-6,9-10H2,1H3,(H2,19,20,21);1H. The zero-order chi connectivity index (χ0) is 20.1. The van der Waals surface area contributed by atoms with Crippen LogP contribution in [0.1, 0.15) is 12.0 Å². The lowest BCUT2D eigenvalue weighted by molar-refractivity contribution is -0.0505. The molecule has 9 nitrogen and oxygen atoms in total. The van der Waals surface area contributed by atoms with Crippen LogP contribution in [-0.2, 0) is 16.6 Å². The van der Waals surface area contributed by atoms with Gasteiger partial charge in [-0.2, -0.15) is 8.78 Å². The molecule has 13 heteroatoms. The molecule has 29 heavy (non-hydrogen) atoms. The van der Waals surface area contributed by atoms with E-state index in [0.717, 1.165) is 0 Å². The predicted octanol–water partition coefficient (Wildman–Crippen LogP) is 1.34. The van der Waals surface area contributed by atoms with Crippen molar-refractivity contribution in [3.8, 4) is 17.2 Å². The lowest BCUT2D eigenvalue weighted by Gasteiger charge is -2.17. The molecule has 0 bridgehead atoms. The van der Waals surface area contributed by atoms with E-state index in [1.165, 1.54) is 10.4 Å². The molecule has 0 radical (unpaired) electrons. The van der Waals surface area contributed by atoms with E-state index in [1.54, 1.807) is 13.1 Å². The van der Waals surface area contributed by atoms with Crippen molar-refractivity contribution in [3.63, 3.8) is 0 Å². The molecule has 164 valence electrons. The first-order valence-electron chi connectivity index (χ1n) is 8.69. The van der Waals surface area contributed by atoms with Crippen LogP contribution < -0.4 is 24.8 Å². The van der Waals surface area contributed by atoms with E-state index in [4.69, 9.17) is 9.47 Å². The van der Waals surface area contributed by atoms with Gasteiger partial charge in [0.15, 0.2) is 17.5 Å². The van der Waals surface area contributed by atoms with E-state index < -0.39 is 16.6 Å².